The predicted molar refractivity (Wildman–Crippen MR) is 69.3 cm³/mol. The number of aliphatic carboxylic acids is 1. The van der Waals surface area contributed by atoms with Gasteiger partial charge in [0.2, 0.25) is 0 Å². The van der Waals surface area contributed by atoms with Crippen LogP contribution in [-0.4, -0.2) is 29.6 Å². The van der Waals surface area contributed by atoms with Crippen molar-refractivity contribution >= 4 is 11.9 Å². The van der Waals surface area contributed by atoms with Gasteiger partial charge in [0.1, 0.15) is 5.75 Å². The van der Waals surface area contributed by atoms with Gasteiger partial charge >= 0.3 is 12.6 Å². The van der Waals surface area contributed by atoms with Gasteiger partial charge in [0.15, 0.2) is 0 Å². The summed E-state index contributed by atoms with van der Waals surface area (Å²) in [5.74, 6) is -2.44. The van der Waals surface area contributed by atoms with Gasteiger partial charge in [0.05, 0.1) is 11.5 Å². The lowest BCUT2D eigenvalue weighted by Gasteiger charge is -2.18. The average Bonchev–Trinajstić information content (AvgIpc) is 2.86. The normalized spacial score (nSPS) is 21.3. The van der Waals surface area contributed by atoms with Crippen molar-refractivity contribution in [3.8, 4) is 5.75 Å². The maximum Gasteiger partial charge on any atom is 0.387 e. The number of carbonyl (C=O) groups is 2. The molecule has 21 heavy (non-hydrogen) atoms. The molecule has 0 radical (unpaired) electrons. The summed E-state index contributed by atoms with van der Waals surface area (Å²) >= 11 is 0. The van der Waals surface area contributed by atoms with Crippen LogP contribution in [0.3, 0.4) is 0 Å². The molecule has 1 fully saturated rings. The van der Waals surface area contributed by atoms with E-state index in [1.165, 1.54) is 24.3 Å². The Kier molecular flexibility index (Phi) is 4.72. The van der Waals surface area contributed by atoms with Crippen molar-refractivity contribution in [3.63, 3.8) is 0 Å². The Morgan fingerprint density at radius 2 is 2.00 bits per heavy atom. The maximum atomic E-state index is 12.3. The van der Waals surface area contributed by atoms with E-state index in [1.807, 2.05) is 0 Å². The number of amides is 1. The van der Waals surface area contributed by atoms with Crippen LogP contribution >= 0.6 is 0 Å². The molecular weight excluding hydrogens is 284 g/mol. The van der Waals surface area contributed by atoms with E-state index >= 15 is 0 Å². The van der Waals surface area contributed by atoms with Crippen molar-refractivity contribution in [2.45, 2.75) is 31.9 Å². The number of para-hydroxylation sites is 1. The molecule has 0 aliphatic heterocycles. The summed E-state index contributed by atoms with van der Waals surface area (Å²) in [6.45, 7) is -3.03. The first-order chi connectivity index (χ1) is 9.99. The highest BCUT2D eigenvalue weighted by molar-refractivity contribution is 5.97. The van der Waals surface area contributed by atoms with Gasteiger partial charge in [0, 0.05) is 6.04 Å². The van der Waals surface area contributed by atoms with E-state index < -0.39 is 30.4 Å². The molecule has 2 atom stereocenters. The number of ether oxygens (including phenoxy) is 1. The number of rotatable bonds is 5. The summed E-state index contributed by atoms with van der Waals surface area (Å²) in [4.78, 5) is 23.2. The Hall–Kier alpha value is -2.18. The van der Waals surface area contributed by atoms with Crippen LogP contribution < -0.4 is 10.1 Å². The van der Waals surface area contributed by atoms with Crippen LogP contribution in [0.5, 0.6) is 5.75 Å². The third-order valence-electron chi connectivity index (χ3n) is 3.50. The zero-order chi connectivity index (χ0) is 15.4. The Bertz CT molecular complexity index is 535. The number of nitrogens with one attached hydrogen (secondary N) is 1. The Labute approximate surface area is 119 Å². The smallest absolute Gasteiger partial charge is 0.387 e. The molecule has 7 heteroatoms. The van der Waals surface area contributed by atoms with E-state index in [9.17, 15) is 18.4 Å². The van der Waals surface area contributed by atoms with Gasteiger partial charge in [-0.2, -0.15) is 8.78 Å². The van der Waals surface area contributed by atoms with Crippen LogP contribution in [0.15, 0.2) is 24.3 Å². The largest absolute Gasteiger partial charge is 0.481 e. The molecule has 5 nitrogen and oxygen atoms in total. The molecule has 2 unspecified atom stereocenters. The second-order valence-corrected chi connectivity index (χ2v) is 4.83. The van der Waals surface area contributed by atoms with E-state index in [2.05, 4.69) is 10.1 Å². The molecule has 0 heterocycles. The summed E-state index contributed by atoms with van der Waals surface area (Å²) in [5.41, 5.74) is -0.0335. The van der Waals surface area contributed by atoms with Gasteiger partial charge in [0.25, 0.3) is 5.91 Å². The Balaban J connectivity index is 2.12. The van der Waals surface area contributed by atoms with E-state index in [4.69, 9.17) is 5.11 Å². The summed E-state index contributed by atoms with van der Waals surface area (Å²) in [6.07, 6.45) is 1.76. The molecule has 1 aromatic rings. The number of carbonyl (C=O) groups excluding carboxylic acids is 1. The predicted octanol–water partition coefficient (Wildman–Crippen LogP) is 2.27. The molecule has 1 aromatic carbocycles. The van der Waals surface area contributed by atoms with Crippen molar-refractivity contribution in [2.75, 3.05) is 0 Å². The highest BCUT2D eigenvalue weighted by Gasteiger charge is 2.34. The van der Waals surface area contributed by atoms with Gasteiger partial charge in [-0.15, -0.1) is 0 Å². The topological polar surface area (TPSA) is 75.6 Å². The van der Waals surface area contributed by atoms with Crippen LogP contribution in [0, 0.1) is 5.92 Å². The fourth-order valence-electron chi connectivity index (χ4n) is 2.53. The summed E-state index contributed by atoms with van der Waals surface area (Å²) in [6, 6.07) is 5.14. The van der Waals surface area contributed by atoms with E-state index in [0.29, 0.717) is 19.3 Å². The molecule has 1 aliphatic rings. The van der Waals surface area contributed by atoms with Crippen LogP contribution in [0.4, 0.5) is 8.78 Å². The molecule has 0 saturated heterocycles. The van der Waals surface area contributed by atoms with Crippen LogP contribution in [-0.2, 0) is 4.79 Å². The fourth-order valence-corrected chi connectivity index (χ4v) is 2.53. The number of hydrogen-bond donors (Lipinski definition) is 2. The van der Waals surface area contributed by atoms with Crippen molar-refractivity contribution < 1.29 is 28.2 Å². The van der Waals surface area contributed by atoms with Crippen LogP contribution in [0.2, 0.25) is 0 Å². The van der Waals surface area contributed by atoms with Crippen molar-refractivity contribution in [1.29, 1.82) is 0 Å². The van der Waals surface area contributed by atoms with Crippen molar-refractivity contribution in [3.05, 3.63) is 29.8 Å². The minimum Gasteiger partial charge on any atom is -0.481 e. The number of alkyl halides is 2. The molecule has 0 aromatic heterocycles. The first-order valence-electron chi connectivity index (χ1n) is 6.56. The number of benzene rings is 1. The zero-order valence-electron chi connectivity index (χ0n) is 11.1. The number of carboxylic acids is 1. The number of carboxylic acid groups (broad SMARTS) is 1. The first-order valence-corrected chi connectivity index (χ1v) is 6.56. The van der Waals surface area contributed by atoms with Crippen molar-refractivity contribution in [1.82, 2.24) is 5.32 Å². The molecule has 0 bridgehead atoms. The van der Waals surface area contributed by atoms with Gasteiger partial charge in [-0.05, 0) is 25.0 Å². The second-order valence-electron chi connectivity index (χ2n) is 4.83. The molecule has 1 saturated carbocycles. The van der Waals surface area contributed by atoms with Crippen LogP contribution in [0.25, 0.3) is 0 Å². The maximum absolute atomic E-state index is 12.3. The molecular formula is C14H15F2NO4. The highest BCUT2D eigenvalue weighted by atomic mass is 19.3. The summed E-state index contributed by atoms with van der Waals surface area (Å²) < 4.78 is 28.9. The van der Waals surface area contributed by atoms with E-state index in [1.54, 1.807) is 0 Å². The van der Waals surface area contributed by atoms with E-state index in [-0.39, 0.29) is 11.3 Å². The highest BCUT2D eigenvalue weighted by Crippen LogP contribution is 2.27. The minimum absolute atomic E-state index is 0.0335. The molecule has 1 aliphatic carbocycles. The third-order valence-corrected chi connectivity index (χ3v) is 3.50. The molecule has 114 valence electrons. The van der Waals surface area contributed by atoms with Crippen molar-refractivity contribution in [2.24, 2.45) is 5.92 Å². The van der Waals surface area contributed by atoms with Gasteiger partial charge in [-0.1, -0.05) is 18.6 Å². The summed E-state index contributed by atoms with van der Waals surface area (Å²) in [5, 5.41) is 11.7. The molecule has 2 N–H and O–H groups in total. The number of hydrogen-bond acceptors (Lipinski definition) is 3. The molecule has 0 spiro atoms. The minimum atomic E-state index is -3.03. The number of halogens is 2. The Morgan fingerprint density at radius 3 is 2.67 bits per heavy atom. The standard InChI is InChI=1S/C14H15F2NO4/c15-14(16)21-11-7-2-1-4-9(11)12(18)17-10-6-3-5-8(10)13(19)20/h1-2,4,7-8,10,14H,3,5-6H2,(H,17,18)(H,19,20). The van der Waals surface area contributed by atoms with Gasteiger partial charge in [-0.25, -0.2) is 0 Å². The third kappa shape index (κ3) is 3.68. The lowest BCUT2D eigenvalue weighted by molar-refractivity contribution is -0.142. The van der Waals surface area contributed by atoms with Crippen LogP contribution in [0.1, 0.15) is 29.6 Å². The molecule has 2 rings (SSSR count). The SMILES string of the molecule is O=C(NC1CCCC1C(=O)O)c1ccccc1OC(F)F. The monoisotopic (exact) mass is 299 g/mol. The first kappa shape index (κ1) is 15.2. The van der Waals surface area contributed by atoms with Gasteiger partial charge < -0.3 is 15.2 Å². The van der Waals surface area contributed by atoms with Gasteiger partial charge in [-0.3, -0.25) is 9.59 Å². The fraction of sp³-hybridized carbons (Fsp3) is 0.429. The zero-order valence-corrected chi connectivity index (χ0v) is 11.1. The second kappa shape index (κ2) is 6.51. The lowest BCUT2D eigenvalue weighted by Crippen LogP contribution is -2.40. The Morgan fingerprint density at radius 1 is 1.29 bits per heavy atom. The lowest BCUT2D eigenvalue weighted by atomic mass is 10.0. The quantitative estimate of drug-likeness (QED) is 0.874. The molecule has 1 amide bonds. The van der Waals surface area contributed by atoms with E-state index in [0.717, 1.165) is 0 Å². The summed E-state index contributed by atoms with van der Waals surface area (Å²) in [7, 11) is 0. The average molecular weight is 299 g/mol.